The molecule has 8 heteroatoms. The van der Waals surface area contributed by atoms with E-state index in [9.17, 15) is 9.90 Å². The maximum Gasteiger partial charge on any atom is 0.410 e. The highest BCUT2D eigenvalue weighted by Gasteiger charge is 2.28. The molecule has 4 rings (SSSR count). The van der Waals surface area contributed by atoms with Crippen molar-refractivity contribution in [1.82, 2.24) is 24.6 Å². The molecule has 8 nitrogen and oxygen atoms in total. The number of benzene rings is 1. The van der Waals surface area contributed by atoms with Crippen LogP contribution in [0.3, 0.4) is 0 Å². The Bertz CT molecular complexity index is 867. The van der Waals surface area contributed by atoms with Gasteiger partial charge >= 0.3 is 6.09 Å². The van der Waals surface area contributed by atoms with E-state index in [1.54, 1.807) is 4.90 Å². The maximum absolute atomic E-state index is 12.3. The van der Waals surface area contributed by atoms with Gasteiger partial charge in [0.2, 0.25) is 0 Å². The van der Waals surface area contributed by atoms with Crippen molar-refractivity contribution in [2.45, 2.75) is 52.1 Å². The van der Waals surface area contributed by atoms with E-state index in [0.29, 0.717) is 25.5 Å². The summed E-state index contributed by atoms with van der Waals surface area (Å²) in [7, 11) is 0. The molecular weight excluding hydrogens is 358 g/mol. The fourth-order valence-corrected chi connectivity index (χ4v) is 3.48. The normalized spacial score (nSPS) is 17.9. The molecule has 2 aliphatic heterocycles. The third-order valence-corrected chi connectivity index (χ3v) is 4.84. The number of carbonyl (C=O) groups excluding carboxylic acids is 1. The molecule has 0 atom stereocenters. The average Bonchev–Trinajstić information content (AvgIpc) is 3.02. The summed E-state index contributed by atoms with van der Waals surface area (Å²) in [6, 6.07) is 8.18. The molecule has 1 aromatic carbocycles. The smallest absolute Gasteiger partial charge is 0.410 e. The van der Waals surface area contributed by atoms with Crippen molar-refractivity contribution in [2.24, 2.45) is 0 Å². The summed E-state index contributed by atoms with van der Waals surface area (Å²) in [5.74, 6) is 1.44. The number of aliphatic hydroxyl groups excluding tert-OH is 1. The van der Waals surface area contributed by atoms with Gasteiger partial charge in [-0.05, 0) is 32.4 Å². The molecule has 0 aliphatic carbocycles. The first-order valence-corrected chi connectivity index (χ1v) is 9.68. The van der Waals surface area contributed by atoms with Crippen LogP contribution < -0.4 is 0 Å². The second-order valence-corrected chi connectivity index (χ2v) is 8.52. The Hall–Kier alpha value is -2.45. The quantitative estimate of drug-likeness (QED) is 0.868. The predicted octanol–water partition coefficient (Wildman–Crippen LogP) is 1.87. The number of amides is 1. The number of hydrogen-bond acceptors (Lipinski definition) is 6. The van der Waals surface area contributed by atoms with Crippen LogP contribution >= 0.6 is 0 Å². The van der Waals surface area contributed by atoms with Crippen molar-refractivity contribution in [3.63, 3.8) is 0 Å². The zero-order valence-corrected chi connectivity index (χ0v) is 16.6. The zero-order valence-electron chi connectivity index (χ0n) is 16.6. The van der Waals surface area contributed by atoms with Crippen molar-refractivity contribution in [3.05, 3.63) is 35.7 Å². The Morgan fingerprint density at radius 3 is 2.79 bits per heavy atom. The lowest BCUT2D eigenvalue weighted by molar-refractivity contribution is -0.00286. The molecule has 0 spiro atoms. The van der Waals surface area contributed by atoms with E-state index >= 15 is 0 Å². The molecule has 1 fully saturated rings. The number of fused-ring (bicyclic) bond motifs is 1. The highest BCUT2D eigenvalue weighted by Crippen LogP contribution is 2.22. The number of carbonyl (C=O) groups is 1. The Balaban J connectivity index is 1.46. The second kappa shape index (κ2) is 7.18. The summed E-state index contributed by atoms with van der Waals surface area (Å²) < 4.78 is 7.34. The maximum atomic E-state index is 12.3. The summed E-state index contributed by atoms with van der Waals surface area (Å²) in [6.07, 6.45) is -0.514. The van der Waals surface area contributed by atoms with E-state index in [1.807, 2.05) is 37.6 Å². The second-order valence-electron chi connectivity index (χ2n) is 8.52. The van der Waals surface area contributed by atoms with Gasteiger partial charge in [0.15, 0.2) is 5.82 Å². The van der Waals surface area contributed by atoms with Crippen molar-refractivity contribution in [2.75, 3.05) is 19.6 Å². The first kappa shape index (κ1) is 18.9. The van der Waals surface area contributed by atoms with Gasteiger partial charge in [-0.1, -0.05) is 18.2 Å². The van der Waals surface area contributed by atoms with Crippen molar-refractivity contribution < 1.29 is 14.6 Å². The molecule has 0 saturated carbocycles. The molecule has 2 aromatic rings. The zero-order chi connectivity index (χ0) is 19.9. The Kier molecular flexibility index (Phi) is 4.84. The lowest BCUT2D eigenvalue weighted by atomic mass is 10.1. The number of aliphatic hydroxyl groups is 1. The van der Waals surface area contributed by atoms with Gasteiger partial charge in [0.05, 0.1) is 19.2 Å². The summed E-state index contributed by atoms with van der Waals surface area (Å²) in [6.45, 7) is 9.41. The molecule has 1 N–H and O–H groups in total. The lowest BCUT2D eigenvalue weighted by Gasteiger charge is -2.35. The Morgan fingerprint density at radius 1 is 1.29 bits per heavy atom. The number of hydrogen-bond donors (Lipinski definition) is 1. The molecule has 0 unspecified atom stereocenters. The molecule has 2 aliphatic rings. The number of β-amino-alcohol motifs (C(OH)–C–C–N with tert-alkyl or cyclic N) is 1. The molecule has 0 radical (unpaired) electrons. The van der Waals surface area contributed by atoms with E-state index in [1.165, 1.54) is 5.56 Å². The monoisotopic (exact) mass is 385 g/mol. The summed E-state index contributed by atoms with van der Waals surface area (Å²) >= 11 is 0. The van der Waals surface area contributed by atoms with E-state index in [-0.39, 0.29) is 12.2 Å². The van der Waals surface area contributed by atoms with Crippen LogP contribution in [0.25, 0.3) is 11.4 Å². The lowest BCUT2D eigenvalue weighted by Crippen LogP contribution is -2.49. The molecule has 1 amide bonds. The highest BCUT2D eigenvalue weighted by atomic mass is 16.6. The molecule has 1 saturated heterocycles. The third kappa shape index (κ3) is 4.18. The van der Waals surface area contributed by atoms with Gasteiger partial charge < -0.3 is 9.84 Å². The highest BCUT2D eigenvalue weighted by molar-refractivity contribution is 5.68. The number of aromatic nitrogens is 3. The number of rotatable bonds is 3. The van der Waals surface area contributed by atoms with Crippen molar-refractivity contribution in [1.29, 1.82) is 0 Å². The van der Waals surface area contributed by atoms with Crippen LogP contribution in [0.15, 0.2) is 24.3 Å². The molecule has 150 valence electrons. The van der Waals surface area contributed by atoms with E-state index in [0.717, 1.165) is 31.0 Å². The number of nitrogens with zero attached hydrogens (tertiary/aromatic N) is 5. The van der Waals surface area contributed by atoms with Gasteiger partial charge in [0, 0.05) is 31.7 Å². The van der Waals surface area contributed by atoms with Crippen LogP contribution in [0.1, 0.15) is 32.2 Å². The van der Waals surface area contributed by atoms with Gasteiger partial charge in [0.25, 0.3) is 0 Å². The van der Waals surface area contributed by atoms with E-state index in [4.69, 9.17) is 4.74 Å². The predicted molar refractivity (Wildman–Crippen MR) is 103 cm³/mol. The first-order valence-electron chi connectivity index (χ1n) is 9.68. The van der Waals surface area contributed by atoms with Gasteiger partial charge in [0.1, 0.15) is 11.4 Å². The van der Waals surface area contributed by atoms with Gasteiger partial charge in [-0.25, -0.2) is 14.5 Å². The van der Waals surface area contributed by atoms with Gasteiger partial charge in [-0.15, -0.1) is 0 Å². The van der Waals surface area contributed by atoms with E-state index in [2.05, 4.69) is 27.1 Å². The van der Waals surface area contributed by atoms with E-state index < -0.39 is 5.60 Å². The minimum absolute atomic E-state index is 0.197. The van der Waals surface area contributed by atoms with Crippen molar-refractivity contribution >= 4 is 6.09 Å². The average molecular weight is 385 g/mol. The Labute approximate surface area is 164 Å². The third-order valence-electron chi connectivity index (χ3n) is 4.84. The largest absolute Gasteiger partial charge is 0.444 e. The fourth-order valence-electron chi connectivity index (χ4n) is 3.48. The van der Waals surface area contributed by atoms with Crippen LogP contribution in [0.2, 0.25) is 0 Å². The fraction of sp³-hybridized carbons (Fsp3) is 0.550. The van der Waals surface area contributed by atoms with Crippen molar-refractivity contribution in [3.8, 4) is 11.4 Å². The molecular formula is C20H27N5O3. The first-order chi connectivity index (χ1) is 13.3. The van der Waals surface area contributed by atoms with Crippen LogP contribution in [-0.2, 0) is 24.4 Å². The summed E-state index contributed by atoms with van der Waals surface area (Å²) in [5, 5.41) is 14.1. The minimum atomic E-state index is -0.514. The standard InChI is InChI=1S/C20H27N5O3/c1-20(2,3)28-19(27)24-7-8-25-17(13-24)21-18(22-25)15-6-4-5-14(9-15)10-23-11-16(26)12-23/h4-6,9,16,26H,7-8,10-13H2,1-3H3. The topological polar surface area (TPSA) is 83.7 Å². The molecule has 0 bridgehead atoms. The molecule has 1 aromatic heterocycles. The van der Waals surface area contributed by atoms with Crippen LogP contribution in [-0.4, -0.2) is 67.1 Å². The molecule has 3 heterocycles. The van der Waals surface area contributed by atoms with Gasteiger partial charge in [-0.3, -0.25) is 9.80 Å². The molecule has 28 heavy (non-hydrogen) atoms. The number of likely N-dealkylation sites (tertiary alicyclic amines) is 1. The SMILES string of the molecule is CC(C)(C)OC(=O)N1CCn2nc(-c3cccc(CN4CC(O)C4)c3)nc2C1. The van der Waals surface area contributed by atoms with Gasteiger partial charge in [-0.2, -0.15) is 5.10 Å². The summed E-state index contributed by atoms with van der Waals surface area (Å²) in [4.78, 5) is 20.9. The number of ether oxygens (including phenoxy) is 1. The van der Waals surface area contributed by atoms with Crippen LogP contribution in [0.5, 0.6) is 0 Å². The van der Waals surface area contributed by atoms with Crippen LogP contribution in [0.4, 0.5) is 4.79 Å². The minimum Gasteiger partial charge on any atom is -0.444 e. The Morgan fingerprint density at radius 2 is 2.07 bits per heavy atom. The summed E-state index contributed by atoms with van der Waals surface area (Å²) in [5.41, 5.74) is 1.62. The van der Waals surface area contributed by atoms with Crippen LogP contribution in [0, 0.1) is 0 Å².